The number of amides is 2. The number of ether oxygens (including phenoxy) is 1. The van der Waals surface area contributed by atoms with Gasteiger partial charge in [-0.2, -0.15) is 0 Å². The minimum atomic E-state index is -0.260. The van der Waals surface area contributed by atoms with E-state index in [1.165, 1.54) is 4.90 Å². The minimum absolute atomic E-state index is 0.0245. The van der Waals surface area contributed by atoms with Crippen LogP contribution in [-0.2, 0) is 4.79 Å². The fourth-order valence-electron chi connectivity index (χ4n) is 3.11. The van der Waals surface area contributed by atoms with Crippen LogP contribution in [0.3, 0.4) is 0 Å². The second-order valence-electron chi connectivity index (χ2n) is 6.84. The minimum Gasteiger partial charge on any atom is -0.497 e. The normalized spacial score (nSPS) is 10.6. The molecule has 0 aliphatic rings. The Balaban J connectivity index is 1.77. The molecule has 0 spiro atoms. The molecular weight excluding hydrogens is 366 g/mol. The summed E-state index contributed by atoms with van der Waals surface area (Å²) in [4.78, 5) is 31.6. The van der Waals surface area contributed by atoms with Gasteiger partial charge in [0.25, 0.3) is 5.91 Å². The second-order valence-corrected chi connectivity index (χ2v) is 6.84. The number of methoxy groups -OCH3 is 1. The Labute approximate surface area is 170 Å². The molecule has 0 saturated heterocycles. The number of nitrogens with zero attached hydrogens (tertiary/aromatic N) is 2. The number of aromatic nitrogens is 1. The van der Waals surface area contributed by atoms with E-state index in [4.69, 9.17) is 4.74 Å². The van der Waals surface area contributed by atoms with Crippen molar-refractivity contribution in [3.05, 3.63) is 65.9 Å². The molecule has 0 saturated carbocycles. The van der Waals surface area contributed by atoms with Gasteiger partial charge in [-0.05, 0) is 49.2 Å². The number of rotatable bonds is 7. The Morgan fingerprint density at radius 2 is 1.90 bits per heavy atom. The summed E-state index contributed by atoms with van der Waals surface area (Å²) in [5.74, 6) is 0.245. The SMILES string of the molecule is CCCN(CC(=O)Nc1ccccc1C)C(=O)c1ccc2cc(OC)ccc2n1. The average Bonchev–Trinajstić information content (AvgIpc) is 2.73. The fraction of sp³-hybridized carbons (Fsp3) is 0.261. The Morgan fingerprint density at radius 3 is 2.62 bits per heavy atom. The summed E-state index contributed by atoms with van der Waals surface area (Å²) in [5.41, 5.74) is 2.75. The van der Waals surface area contributed by atoms with Crippen molar-refractivity contribution in [2.24, 2.45) is 0 Å². The molecule has 1 heterocycles. The topological polar surface area (TPSA) is 71.5 Å². The van der Waals surface area contributed by atoms with Gasteiger partial charge in [0.2, 0.25) is 5.91 Å². The van der Waals surface area contributed by atoms with Gasteiger partial charge in [-0.15, -0.1) is 0 Å². The number of fused-ring (bicyclic) bond motifs is 1. The molecular formula is C23H25N3O3. The maximum atomic E-state index is 13.0. The Kier molecular flexibility index (Phi) is 6.44. The highest BCUT2D eigenvalue weighted by atomic mass is 16.5. The van der Waals surface area contributed by atoms with Crippen LogP contribution in [-0.4, -0.2) is 41.9 Å². The molecule has 2 amide bonds. The molecule has 1 N–H and O–H groups in total. The van der Waals surface area contributed by atoms with E-state index in [0.29, 0.717) is 17.8 Å². The number of hydrogen-bond acceptors (Lipinski definition) is 4. The molecule has 0 unspecified atom stereocenters. The van der Waals surface area contributed by atoms with E-state index in [1.807, 2.05) is 62.4 Å². The van der Waals surface area contributed by atoms with Crippen LogP contribution in [0.5, 0.6) is 5.75 Å². The van der Waals surface area contributed by atoms with Crippen LogP contribution in [0, 0.1) is 6.92 Å². The van der Waals surface area contributed by atoms with Crippen LogP contribution < -0.4 is 10.1 Å². The van der Waals surface area contributed by atoms with Crippen LogP contribution in [0.4, 0.5) is 5.69 Å². The summed E-state index contributed by atoms with van der Waals surface area (Å²) in [6.45, 7) is 4.35. The van der Waals surface area contributed by atoms with Crippen molar-refractivity contribution in [1.29, 1.82) is 0 Å². The van der Waals surface area contributed by atoms with Crippen molar-refractivity contribution in [3.8, 4) is 5.75 Å². The summed E-state index contributed by atoms with van der Waals surface area (Å²) in [7, 11) is 1.61. The second kappa shape index (κ2) is 9.19. The van der Waals surface area contributed by atoms with Gasteiger partial charge in [-0.3, -0.25) is 9.59 Å². The largest absolute Gasteiger partial charge is 0.497 e. The number of anilines is 1. The Bertz CT molecular complexity index is 1030. The quantitative estimate of drug-likeness (QED) is 0.660. The lowest BCUT2D eigenvalue weighted by molar-refractivity contribution is -0.116. The first-order chi connectivity index (χ1) is 14.0. The molecule has 2 aromatic carbocycles. The molecule has 0 radical (unpaired) electrons. The first-order valence-corrected chi connectivity index (χ1v) is 9.61. The highest BCUT2D eigenvalue weighted by Gasteiger charge is 2.20. The first kappa shape index (κ1) is 20.3. The van der Waals surface area contributed by atoms with Gasteiger partial charge in [0.1, 0.15) is 18.0 Å². The maximum Gasteiger partial charge on any atom is 0.272 e. The van der Waals surface area contributed by atoms with Crippen LogP contribution >= 0.6 is 0 Å². The molecule has 0 fully saturated rings. The number of nitrogens with one attached hydrogen (secondary N) is 1. The van der Waals surface area contributed by atoms with Gasteiger partial charge in [-0.1, -0.05) is 31.2 Å². The highest BCUT2D eigenvalue weighted by Crippen LogP contribution is 2.20. The van der Waals surface area contributed by atoms with Crippen molar-refractivity contribution in [3.63, 3.8) is 0 Å². The fourth-order valence-corrected chi connectivity index (χ4v) is 3.11. The summed E-state index contributed by atoms with van der Waals surface area (Å²) in [6.07, 6.45) is 0.744. The third-order valence-corrected chi connectivity index (χ3v) is 4.65. The zero-order valence-corrected chi connectivity index (χ0v) is 16.9. The molecule has 0 bridgehead atoms. The number of benzene rings is 2. The van der Waals surface area contributed by atoms with Crippen molar-refractivity contribution >= 4 is 28.4 Å². The number of para-hydroxylation sites is 1. The molecule has 0 aliphatic carbocycles. The summed E-state index contributed by atoms with van der Waals surface area (Å²) < 4.78 is 5.22. The molecule has 6 heteroatoms. The van der Waals surface area contributed by atoms with Crippen LogP contribution in [0.2, 0.25) is 0 Å². The first-order valence-electron chi connectivity index (χ1n) is 9.61. The summed E-state index contributed by atoms with van der Waals surface area (Å²) in [5, 5.41) is 3.77. The highest BCUT2D eigenvalue weighted by molar-refractivity contribution is 5.99. The molecule has 3 aromatic rings. The smallest absolute Gasteiger partial charge is 0.272 e. The third-order valence-electron chi connectivity index (χ3n) is 4.65. The molecule has 0 aliphatic heterocycles. The third kappa shape index (κ3) is 4.90. The molecule has 1 aromatic heterocycles. The maximum absolute atomic E-state index is 13.0. The summed E-state index contributed by atoms with van der Waals surface area (Å²) >= 11 is 0. The van der Waals surface area contributed by atoms with Crippen LogP contribution in [0.1, 0.15) is 29.4 Å². The number of hydrogen-bond donors (Lipinski definition) is 1. The molecule has 0 atom stereocenters. The standard InChI is InChI=1S/C23H25N3O3/c1-4-13-26(15-22(27)25-19-8-6-5-7-16(19)2)23(28)21-11-9-17-14-18(29-3)10-12-20(17)24-21/h5-12,14H,4,13,15H2,1-3H3,(H,25,27). The van der Waals surface area contributed by atoms with E-state index >= 15 is 0 Å². The number of aryl methyl sites for hydroxylation is 1. The molecule has 6 nitrogen and oxygen atoms in total. The van der Waals surface area contributed by atoms with E-state index in [9.17, 15) is 9.59 Å². The predicted molar refractivity (Wildman–Crippen MR) is 114 cm³/mol. The average molecular weight is 391 g/mol. The van der Waals surface area contributed by atoms with E-state index < -0.39 is 0 Å². The Morgan fingerprint density at radius 1 is 1.10 bits per heavy atom. The van der Waals surface area contributed by atoms with Crippen LogP contribution in [0.25, 0.3) is 10.9 Å². The van der Waals surface area contributed by atoms with Crippen molar-refractivity contribution < 1.29 is 14.3 Å². The van der Waals surface area contributed by atoms with Crippen molar-refractivity contribution in [1.82, 2.24) is 9.88 Å². The number of pyridine rings is 1. The van der Waals surface area contributed by atoms with E-state index in [0.717, 1.165) is 28.8 Å². The zero-order chi connectivity index (χ0) is 20.8. The van der Waals surface area contributed by atoms with E-state index in [1.54, 1.807) is 13.2 Å². The van der Waals surface area contributed by atoms with Gasteiger partial charge in [0.15, 0.2) is 0 Å². The van der Waals surface area contributed by atoms with E-state index in [-0.39, 0.29) is 18.4 Å². The van der Waals surface area contributed by atoms with E-state index in [2.05, 4.69) is 10.3 Å². The lowest BCUT2D eigenvalue weighted by Crippen LogP contribution is -2.39. The van der Waals surface area contributed by atoms with Gasteiger partial charge < -0.3 is 15.0 Å². The predicted octanol–water partition coefficient (Wildman–Crippen LogP) is 4.04. The van der Waals surface area contributed by atoms with Crippen molar-refractivity contribution in [2.45, 2.75) is 20.3 Å². The molecule has 3 rings (SSSR count). The van der Waals surface area contributed by atoms with Crippen LogP contribution in [0.15, 0.2) is 54.6 Å². The van der Waals surface area contributed by atoms with Gasteiger partial charge >= 0.3 is 0 Å². The monoisotopic (exact) mass is 391 g/mol. The lowest BCUT2D eigenvalue weighted by Gasteiger charge is -2.21. The number of carbonyl (C=O) groups excluding carboxylic acids is 2. The van der Waals surface area contributed by atoms with Gasteiger partial charge in [0.05, 0.1) is 12.6 Å². The van der Waals surface area contributed by atoms with Gasteiger partial charge in [-0.25, -0.2) is 4.98 Å². The Hall–Kier alpha value is -3.41. The molecule has 150 valence electrons. The number of carbonyl (C=O) groups is 2. The zero-order valence-electron chi connectivity index (χ0n) is 16.9. The molecule has 29 heavy (non-hydrogen) atoms. The van der Waals surface area contributed by atoms with Gasteiger partial charge in [0, 0.05) is 17.6 Å². The summed E-state index contributed by atoms with van der Waals surface area (Å²) in [6, 6.07) is 16.6. The lowest BCUT2D eigenvalue weighted by atomic mass is 10.2. The van der Waals surface area contributed by atoms with Crippen molar-refractivity contribution in [2.75, 3.05) is 25.5 Å².